The Morgan fingerprint density at radius 1 is 1.32 bits per heavy atom. The number of carbonyl (C=O) groups is 1. The van der Waals surface area contributed by atoms with Crippen molar-refractivity contribution in [1.82, 2.24) is 9.71 Å². The van der Waals surface area contributed by atoms with Crippen LogP contribution in [0.25, 0.3) is 0 Å². The highest BCUT2D eigenvalue weighted by atomic mass is 79.9. The Hall–Kier alpha value is -1.71. The van der Waals surface area contributed by atoms with Crippen LogP contribution in [0.15, 0.2) is 45.9 Å². The molecule has 0 unspecified atom stereocenters. The molecule has 1 saturated carbocycles. The van der Waals surface area contributed by atoms with Crippen LogP contribution in [0.3, 0.4) is 0 Å². The second kappa shape index (κ2) is 6.54. The Labute approximate surface area is 156 Å². The van der Waals surface area contributed by atoms with Crippen LogP contribution < -0.4 is 9.46 Å². The summed E-state index contributed by atoms with van der Waals surface area (Å²) in [5, 5.41) is -0.174. The highest BCUT2D eigenvalue weighted by Crippen LogP contribution is 2.43. The van der Waals surface area contributed by atoms with Crippen LogP contribution in [0.1, 0.15) is 12.8 Å². The number of hydrogen-bond donors (Lipinski definition) is 1. The fraction of sp³-hybridized carbons (Fsp3) is 0.200. The van der Waals surface area contributed by atoms with E-state index in [0.717, 1.165) is 12.1 Å². The van der Waals surface area contributed by atoms with E-state index in [1.54, 1.807) is 12.1 Å². The zero-order valence-corrected chi connectivity index (χ0v) is 15.7. The third kappa shape index (κ3) is 3.94. The van der Waals surface area contributed by atoms with Crippen LogP contribution in [0.2, 0.25) is 5.02 Å². The molecule has 1 N–H and O–H groups in total. The highest BCUT2D eigenvalue weighted by molar-refractivity contribution is 9.10. The Bertz CT molecular complexity index is 950. The van der Waals surface area contributed by atoms with E-state index in [2.05, 4.69) is 20.9 Å². The van der Waals surface area contributed by atoms with Gasteiger partial charge in [-0.2, -0.15) is 12.8 Å². The lowest BCUT2D eigenvalue weighted by atomic mass is 10.3. The van der Waals surface area contributed by atoms with Gasteiger partial charge in [-0.05, 0) is 46.3 Å². The predicted molar refractivity (Wildman–Crippen MR) is 91.3 cm³/mol. The summed E-state index contributed by atoms with van der Waals surface area (Å²) in [7, 11) is -4.30. The third-order valence-corrected chi connectivity index (χ3v) is 5.63. The van der Waals surface area contributed by atoms with E-state index in [9.17, 15) is 17.6 Å². The summed E-state index contributed by atoms with van der Waals surface area (Å²) >= 11 is 9.19. The average molecular weight is 450 g/mol. The molecule has 1 amide bonds. The first-order valence-electron chi connectivity index (χ1n) is 7.06. The molecule has 132 valence electrons. The van der Waals surface area contributed by atoms with Gasteiger partial charge in [0.15, 0.2) is 10.6 Å². The molecule has 10 heteroatoms. The summed E-state index contributed by atoms with van der Waals surface area (Å²) in [5.41, 5.74) is -1.31. The minimum Gasteiger partial charge on any atom is -0.476 e. The molecule has 0 spiro atoms. The summed E-state index contributed by atoms with van der Waals surface area (Å²) in [6.07, 6.45) is 0.674. The monoisotopic (exact) mass is 448 g/mol. The molecule has 25 heavy (non-hydrogen) atoms. The van der Waals surface area contributed by atoms with E-state index in [-0.39, 0.29) is 0 Å². The largest absolute Gasteiger partial charge is 0.476 e. The second-order valence-electron chi connectivity index (χ2n) is 5.40. The molecule has 1 aromatic heterocycles. The van der Waals surface area contributed by atoms with E-state index in [1.807, 2.05) is 4.72 Å². The normalized spacial score (nSPS) is 15.5. The summed E-state index contributed by atoms with van der Waals surface area (Å²) in [5.74, 6) is -1.48. The Morgan fingerprint density at radius 3 is 2.68 bits per heavy atom. The van der Waals surface area contributed by atoms with Crippen LogP contribution in [0, 0.1) is 5.95 Å². The van der Waals surface area contributed by atoms with Gasteiger partial charge >= 0.3 is 0 Å². The molecule has 1 aliphatic rings. The summed E-state index contributed by atoms with van der Waals surface area (Å²) < 4.78 is 45.7. The van der Waals surface area contributed by atoms with Crippen molar-refractivity contribution in [2.45, 2.75) is 23.5 Å². The van der Waals surface area contributed by atoms with E-state index >= 15 is 0 Å². The zero-order valence-electron chi connectivity index (χ0n) is 12.5. The van der Waals surface area contributed by atoms with Gasteiger partial charge in [-0.3, -0.25) is 4.79 Å². The molecule has 0 saturated heterocycles. The molecular formula is C15H11BrClFN2O4S. The molecule has 0 atom stereocenters. The number of nitrogens with one attached hydrogen (secondary N) is 1. The van der Waals surface area contributed by atoms with Crippen molar-refractivity contribution >= 4 is 43.5 Å². The van der Waals surface area contributed by atoms with Crippen molar-refractivity contribution in [1.29, 1.82) is 0 Å². The Balaban J connectivity index is 1.80. The molecule has 0 bridgehead atoms. The molecule has 1 aliphatic carbocycles. The van der Waals surface area contributed by atoms with Crippen molar-refractivity contribution in [3.05, 3.63) is 51.8 Å². The van der Waals surface area contributed by atoms with Crippen LogP contribution in [-0.2, 0) is 14.8 Å². The number of rotatable bonds is 5. The van der Waals surface area contributed by atoms with Crippen LogP contribution >= 0.6 is 27.5 Å². The van der Waals surface area contributed by atoms with Crippen LogP contribution in [0.4, 0.5) is 4.39 Å². The molecule has 2 aromatic rings. The summed E-state index contributed by atoms with van der Waals surface area (Å²) in [4.78, 5) is 15.7. The molecule has 3 rings (SSSR count). The van der Waals surface area contributed by atoms with Gasteiger partial charge in [-0.15, -0.1) is 0 Å². The lowest BCUT2D eigenvalue weighted by molar-refractivity contribution is -0.127. The maximum Gasteiger partial charge on any atom is 0.281 e. The van der Waals surface area contributed by atoms with Gasteiger partial charge in [-0.25, -0.2) is 9.71 Å². The number of aromatic nitrogens is 1. The van der Waals surface area contributed by atoms with Crippen molar-refractivity contribution in [3.63, 3.8) is 0 Å². The fourth-order valence-electron chi connectivity index (χ4n) is 2.06. The fourth-order valence-corrected chi connectivity index (χ4v) is 3.55. The molecule has 0 aliphatic heterocycles. The zero-order chi connectivity index (χ0) is 18.2. The standard InChI is InChI=1S/C15H11BrClFN2O4S/c16-10-5-4-9(17)8-11(10)24-15(6-7-15)14(21)20-25(22,23)13-3-1-2-12(18)19-13/h1-5,8H,6-7H2,(H,20,21). The van der Waals surface area contributed by atoms with Gasteiger partial charge in [0.1, 0.15) is 5.75 Å². The van der Waals surface area contributed by atoms with E-state index in [1.165, 1.54) is 12.1 Å². The van der Waals surface area contributed by atoms with Gasteiger partial charge in [0.2, 0.25) is 5.95 Å². The number of benzene rings is 1. The number of sulfonamides is 1. The quantitative estimate of drug-likeness (QED) is 0.709. The Morgan fingerprint density at radius 2 is 2.04 bits per heavy atom. The van der Waals surface area contributed by atoms with Gasteiger partial charge in [0, 0.05) is 17.9 Å². The number of amides is 1. The van der Waals surface area contributed by atoms with Crippen molar-refractivity contribution in [3.8, 4) is 5.75 Å². The maximum atomic E-state index is 13.1. The van der Waals surface area contributed by atoms with E-state index < -0.39 is 32.5 Å². The first kappa shape index (κ1) is 18.1. The average Bonchev–Trinajstić information content (AvgIpc) is 3.31. The number of ether oxygens (including phenoxy) is 1. The number of nitrogens with zero attached hydrogens (tertiary/aromatic N) is 1. The maximum absolute atomic E-state index is 13.1. The lowest BCUT2D eigenvalue weighted by Gasteiger charge is -2.18. The first-order valence-corrected chi connectivity index (χ1v) is 9.71. The van der Waals surface area contributed by atoms with Crippen molar-refractivity contribution in [2.75, 3.05) is 0 Å². The highest BCUT2D eigenvalue weighted by Gasteiger charge is 2.54. The smallest absolute Gasteiger partial charge is 0.281 e. The molecule has 6 nitrogen and oxygen atoms in total. The summed E-state index contributed by atoms with van der Waals surface area (Å²) in [6, 6.07) is 8.09. The van der Waals surface area contributed by atoms with Crippen molar-refractivity contribution in [2.24, 2.45) is 0 Å². The SMILES string of the molecule is O=C(NS(=O)(=O)c1cccc(F)n1)C1(Oc2cc(Cl)ccc2Br)CC1. The molecule has 0 radical (unpaired) electrons. The van der Waals surface area contributed by atoms with E-state index in [0.29, 0.717) is 28.1 Å². The first-order chi connectivity index (χ1) is 11.7. The number of pyridine rings is 1. The minimum absolute atomic E-state index is 0.321. The topological polar surface area (TPSA) is 85.4 Å². The summed E-state index contributed by atoms with van der Waals surface area (Å²) in [6.45, 7) is 0. The second-order valence-corrected chi connectivity index (χ2v) is 8.32. The lowest BCUT2D eigenvalue weighted by Crippen LogP contribution is -2.43. The third-order valence-electron chi connectivity index (χ3n) is 3.51. The molecular weight excluding hydrogens is 439 g/mol. The number of halogens is 3. The predicted octanol–water partition coefficient (Wildman–Crippen LogP) is 3.05. The molecule has 1 heterocycles. The minimum atomic E-state index is -4.30. The van der Waals surface area contributed by atoms with Crippen molar-refractivity contribution < 1.29 is 22.3 Å². The molecule has 1 fully saturated rings. The van der Waals surface area contributed by atoms with Gasteiger partial charge in [0.05, 0.1) is 4.47 Å². The Kier molecular flexibility index (Phi) is 4.74. The van der Waals surface area contributed by atoms with Crippen LogP contribution in [0.5, 0.6) is 5.75 Å². The van der Waals surface area contributed by atoms with E-state index in [4.69, 9.17) is 16.3 Å². The van der Waals surface area contributed by atoms with Gasteiger partial charge < -0.3 is 4.74 Å². The van der Waals surface area contributed by atoms with Crippen LogP contribution in [-0.4, -0.2) is 24.9 Å². The molecule has 1 aromatic carbocycles. The van der Waals surface area contributed by atoms with Gasteiger partial charge in [-0.1, -0.05) is 17.7 Å². The van der Waals surface area contributed by atoms with Gasteiger partial charge in [0.25, 0.3) is 15.9 Å². The number of carbonyl (C=O) groups excluding carboxylic acids is 1. The number of hydrogen-bond acceptors (Lipinski definition) is 5.